The number of hydrogen-bond acceptors (Lipinski definition) is 11. The molecular formula is C35H51N7O7. The van der Waals surface area contributed by atoms with Crippen LogP contribution in [0.15, 0.2) is 53.1 Å². The number of hydrogen-bond donors (Lipinski definition) is 7. The van der Waals surface area contributed by atoms with E-state index in [1.54, 1.807) is 24.3 Å². The Morgan fingerprint density at radius 2 is 1.78 bits per heavy atom. The van der Waals surface area contributed by atoms with E-state index >= 15 is 0 Å². The molecule has 9 N–H and O–H groups in total. The van der Waals surface area contributed by atoms with Crippen molar-refractivity contribution >= 4 is 35.0 Å². The standard InChI is InChI=1S/C35H51N7O7/c1-21(2)13-27(31-29(44)15-35(3,4)16-30(31)45)40-23-10-8-22(9-11-23)19-49-34(48)26(7-5-6-12-36)41-33(47)28(18-43)42-32(46)25(37)14-24-17-38-20-39-24/h8-11,17,20-21,25-26,28,43-44H,5-7,12-16,18-19,36-37H2,1-4H3,(H,38,39)(H,41,47)(H,42,46)/t25-,26-,28+/m0/s1. The second-order valence-corrected chi connectivity index (χ2v) is 13.7. The monoisotopic (exact) mass is 681 g/mol. The first kappa shape index (κ1) is 39.0. The molecule has 1 aliphatic rings. The molecule has 3 rings (SSSR count). The summed E-state index contributed by atoms with van der Waals surface area (Å²) in [4.78, 5) is 63.2. The Morgan fingerprint density at radius 1 is 1.08 bits per heavy atom. The van der Waals surface area contributed by atoms with Crippen LogP contribution >= 0.6 is 0 Å². The molecule has 49 heavy (non-hydrogen) atoms. The molecule has 1 aliphatic carbocycles. The summed E-state index contributed by atoms with van der Waals surface area (Å²) in [6.07, 6.45) is 5.75. The van der Waals surface area contributed by atoms with Crippen molar-refractivity contribution in [3.8, 4) is 0 Å². The number of nitrogens with zero attached hydrogens (tertiary/aromatic N) is 2. The molecule has 2 amide bonds. The zero-order valence-electron chi connectivity index (χ0n) is 28.8. The lowest BCUT2D eigenvalue weighted by Gasteiger charge is -2.30. The molecule has 1 aromatic heterocycles. The Balaban J connectivity index is 1.66. The minimum absolute atomic E-state index is 0.0684. The lowest BCUT2D eigenvalue weighted by Crippen LogP contribution is -2.56. The summed E-state index contributed by atoms with van der Waals surface area (Å²) in [5, 5.41) is 25.6. The topological polar surface area (TPSA) is 235 Å². The molecule has 268 valence electrons. The number of aromatic nitrogens is 2. The van der Waals surface area contributed by atoms with Crippen LogP contribution in [0.2, 0.25) is 0 Å². The van der Waals surface area contributed by atoms with Crippen LogP contribution in [0.3, 0.4) is 0 Å². The number of ketones is 1. The number of Topliss-reactive ketones (excluding diaryl/α,β-unsaturated/α-hetero) is 1. The van der Waals surface area contributed by atoms with E-state index in [0.29, 0.717) is 66.9 Å². The summed E-state index contributed by atoms with van der Waals surface area (Å²) in [7, 11) is 0. The number of H-pyrrole nitrogens is 1. The van der Waals surface area contributed by atoms with Gasteiger partial charge in [0, 0.05) is 31.2 Å². The van der Waals surface area contributed by atoms with Crippen LogP contribution < -0.4 is 22.1 Å². The summed E-state index contributed by atoms with van der Waals surface area (Å²) < 4.78 is 5.54. The highest BCUT2D eigenvalue weighted by molar-refractivity contribution is 6.23. The average Bonchev–Trinajstić information content (AvgIpc) is 3.54. The summed E-state index contributed by atoms with van der Waals surface area (Å²) in [6.45, 7) is 7.54. The Labute approximate surface area is 287 Å². The van der Waals surface area contributed by atoms with Gasteiger partial charge in [-0.05, 0) is 61.3 Å². The van der Waals surface area contributed by atoms with Crippen LogP contribution in [0.1, 0.15) is 77.5 Å². The molecule has 0 spiro atoms. The number of nitrogens with two attached hydrogens (primary N) is 2. The number of ether oxygens (including phenoxy) is 1. The van der Waals surface area contributed by atoms with E-state index in [2.05, 4.69) is 20.6 Å². The van der Waals surface area contributed by atoms with Gasteiger partial charge in [0.1, 0.15) is 24.4 Å². The van der Waals surface area contributed by atoms with Gasteiger partial charge in [-0.2, -0.15) is 0 Å². The number of benzene rings is 1. The van der Waals surface area contributed by atoms with Gasteiger partial charge in [-0.1, -0.05) is 39.8 Å². The highest BCUT2D eigenvalue weighted by Crippen LogP contribution is 2.37. The van der Waals surface area contributed by atoms with Gasteiger partial charge in [0.2, 0.25) is 11.8 Å². The van der Waals surface area contributed by atoms with E-state index < -0.39 is 42.5 Å². The summed E-state index contributed by atoms with van der Waals surface area (Å²) in [5.74, 6) is -1.96. The number of aliphatic hydroxyl groups is 2. The van der Waals surface area contributed by atoms with Crippen molar-refractivity contribution in [3.05, 3.63) is 59.4 Å². The van der Waals surface area contributed by atoms with E-state index in [1.807, 2.05) is 27.7 Å². The third-order valence-corrected chi connectivity index (χ3v) is 8.02. The molecule has 0 aliphatic heterocycles. The number of amides is 2. The van der Waals surface area contributed by atoms with Crippen LogP contribution in [0.4, 0.5) is 5.69 Å². The Bertz CT molecular complexity index is 1480. The zero-order chi connectivity index (χ0) is 36.1. The zero-order valence-corrected chi connectivity index (χ0v) is 28.8. The van der Waals surface area contributed by atoms with Gasteiger partial charge in [-0.15, -0.1) is 0 Å². The number of imidazole rings is 1. The Kier molecular flexibility index (Phi) is 14.7. The van der Waals surface area contributed by atoms with Gasteiger partial charge in [0.05, 0.1) is 35.9 Å². The first-order valence-electron chi connectivity index (χ1n) is 16.7. The van der Waals surface area contributed by atoms with Crippen molar-refractivity contribution in [1.82, 2.24) is 20.6 Å². The third-order valence-electron chi connectivity index (χ3n) is 8.02. The van der Waals surface area contributed by atoms with Gasteiger partial charge in [-0.25, -0.2) is 9.78 Å². The fourth-order valence-corrected chi connectivity index (χ4v) is 5.50. The average molecular weight is 682 g/mol. The second-order valence-electron chi connectivity index (χ2n) is 13.7. The third kappa shape index (κ3) is 12.2. The molecule has 0 fully saturated rings. The molecule has 3 atom stereocenters. The molecule has 0 saturated carbocycles. The highest BCUT2D eigenvalue weighted by atomic mass is 16.5. The molecule has 0 bridgehead atoms. The fourth-order valence-electron chi connectivity index (χ4n) is 5.50. The van der Waals surface area contributed by atoms with Gasteiger partial charge < -0.3 is 42.0 Å². The molecular weight excluding hydrogens is 630 g/mol. The maximum absolute atomic E-state index is 13.1. The maximum atomic E-state index is 13.1. The highest BCUT2D eigenvalue weighted by Gasteiger charge is 2.35. The van der Waals surface area contributed by atoms with Crippen molar-refractivity contribution in [2.24, 2.45) is 27.8 Å². The van der Waals surface area contributed by atoms with Gasteiger partial charge in [-0.3, -0.25) is 19.4 Å². The fraction of sp³-hybridized carbons (Fsp3) is 0.543. The van der Waals surface area contributed by atoms with Crippen LogP contribution in [0, 0.1) is 11.3 Å². The molecule has 14 heteroatoms. The van der Waals surface area contributed by atoms with E-state index in [4.69, 9.17) is 21.2 Å². The van der Waals surface area contributed by atoms with Gasteiger partial charge >= 0.3 is 5.97 Å². The van der Waals surface area contributed by atoms with E-state index in [9.17, 15) is 29.4 Å². The number of carbonyl (C=O) groups excluding carboxylic acids is 4. The number of esters is 1. The van der Waals surface area contributed by atoms with Crippen LogP contribution in [-0.2, 0) is 36.9 Å². The van der Waals surface area contributed by atoms with Crippen LogP contribution in [0.5, 0.6) is 0 Å². The molecule has 1 aromatic carbocycles. The predicted molar refractivity (Wildman–Crippen MR) is 185 cm³/mol. The molecule has 2 aromatic rings. The van der Waals surface area contributed by atoms with Crippen molar-refractivity contribution in [3.63, 3.8) is 0 Å². The normalized spacial score (nSPS) is 16.7. The molecule has 0 unspecified atom stereocenters. The minimum atomic E-state index is -1.34. The number of nitrogens with one attached hydrogen (secondary N) is 3. The van der Waals surface area contributed by atoms with Crippen molar-refractivity contribution in [2.45, 2.75) is 97.4 Å². The SMILES string of the molecule is CC(C)CC(=Nc1ccc(COC(=O)[C@H](CCCCN)NC(=O)[C@@H](CO)NC(=O)[C@@H](N)Cc2cnc[nH]2)cc1)C1=C(O)CC(C)(C)CC1=O. The van der Waals surface area contributed by atoms with Crippen molar-refractivity contribution in [1.29, 1.82) is 0 Å². The number of aromatic amines is 1. The van der Waals surface area contributed by atoms with Gasteiger partial charge in [0.25, 0.3) is 0 Å². The molecule has 0 saturated heterocycles. The van der Waals surface area contributed by atoms with Crippen molar-refractivity contribution in [2.75, 3.05) is 13.2 Å². The maximum Gasteiger partial charge on any atom is 0.328 e. The molecule has 0 radical (unpaired) electrons. The first-order valence-corrected chi connectivity index (χ1v) is 16.7. The molecule has 14 nitrogen and oxygen atoms in total. The minimum Gasteiger partial charge on any atom is -0.511 e. The number of allylic oxidation sites excluding steroid dienone is 2. The van der Waals surface area contributed by atoms with Crippen LogP contribution in [-0.4, -0.2) is 80.7 Å². The second kappa shape index (κ2) is 18.4. The van der Waals surface area contributed by atoms with E-state index in [-0.39, 0.29) is 42.3 Å². The number of carbonyl (C=O) groups is 4. The number of unbranched alkanes of at least 4 members (excludes halogenated alkanes) is 1. The quantitative estimate of drug-likeness (QED) is 0.0689. The summed E-state index contributed by atoms with van der Waals surface area (Å²) >= 11 is 0. The summed E-state index contributed by atoms with van der Waals surface area (Å²) in [6, 6.07) is 3.57. The van der Waals surface area contributed by atoms with Crippen LogP contribution in [0.25, 0.3) is 0 Å². The number of aliphatic hydroxyl groups excluding tert-OH is 2. The lowest BCUT2D eigenvalue weighted by molar-refractivity contribution is -0.149. The largest absolute Gasteiger partial charge is 0.511 e. The van der Waals surface area contributed by atoms with E-state index in [1.165, 1.54) is 12.5 Å². The molecule has 1 heterocycles. The van der Waals surface area contributed by atoms with E-state index in [0.717, 1.165) is 0 Å². The Hall–Kier alpha value is -4.40. The number of rotatable bonds is 18. The first-order chi connectivity index (χ1) is 23.2. The predicted octanol–water partition coefficient (Wildman–Crippen LogP) is 2.43. The smallest absolute Gasteiger partial charge is 0.328 e. The number of aliphatic imine (C=N–C) groups is 1. The van der Waals surface area contributed by atoms with Crippen molar-refractivity contribution < 1.29 is 34.1 Å². The lowest BCUT2D eigenvalue weighted by atomic mass is 9.75. The summed E-state index contributed by atoms with van der Waals surface area (Å²) in [5.41, 5.74) is 14.0. The Morgan fingerprint density at radius 3 is 2.37 bits per heavy atom. The van der Waals surface area contributed by atoms with Gasteiger partial charge in [0.15, 0.2) is 5.78 Å².